The summed E-state index contributed by atoms with van der Waals surface area (Å²) in [5.41, 5.74) is 6.42. The van der Waals surface area contributed by atoms with Gasteiger partial charge in [-0.1, -0.05) is 106 Å². The minimum atomic E-state index is -4.24. The molecule has 0 aliphatic carbocycles. The summed E-state index contributed by atoms with van der Waals surface area (Å²) in [5.74, 6) is 1.03. The van der Waals surface area contributed by atoms with Crippen molar-refractivity contribution >= 4 is 21.3 Å². The second kappa shape index (κ2) is 17.2. The molecule has 4 rings (SSSR count). The fourth-order valence-corrected chi connectivity index (χ4v) is 4.79. The molecule has 0 spiro atoms. The summed E-state index contributed by atoms with van der Waals surface area (Å²) in [4.78, 5) is 0. The van der Waals surface area contributed by atoms with E-state index in [0.717, 1.165) is 52.0 Å². The first-order chi connectivity index (χ1) is 18.9. The normalized spacial score (nSPS) is 11.5. The molecular formula is C34H37NaO5S. The van der Waals surface area contributed by atoms with E-state index in [4.69, 9.17) is 9.47 Å². The summed E-state index contributed by atoms with van der Waals surface area (Å²) in [5, 5.41) is 0. The molecule has 0 fully saturated rings. The number of hydrogen-bond acceptors (Lipinski definition) is 5. The third-order valence-electron chi connectivity index (χ3n) is 6.23. The Hall–Kier alpha value is -2.87. The average Bonchev–Trinajstić information content (AvgIpc) is 2.96. The maximum Gasteiger partial charge on any atom is 1.00 e. The summed E-state index contributed by atoms with van der Waals surface area (Å²) < 4.78 is 44.1. The number of rotatable bonds is 13. The zero-order valence-electron chi connectivity index (χ0n) is 23.1. The van der Waals surface area contributed by atoms with Crippen LogP contribution in [0.4, 0.5) is 0 Å². The monoisotopic (exact) mass is 580 g/mol. The Kier molecular flexibility index (Phi) is 14.4. The molecule has 5 nitrogen and oxygen atoms in total. The zero-order chi connectivity index (χ0) is 27.5. The molecular weight excluding hydrogens is 543 g/mol. The van der Waals surface area contributed by atoms with E-state index >= 15 is 0 Å². The predicted octanol–water partition coefficient (Wildman–Crippen LogP) is 4.83. The van der Waals surface area contributed by atoms with Crippen molar-refractivity contribution in [1.82, 2.24) is 0 Å². The Bertz CT molecular complexity index is 1450. The van der Waals surface area contributed by atoms with Crippen molar-refractivity contribution in [1.29, 1.82) is 0 Å². The Balaban J connectivity index is 0.00000294. The summed E-state index contributed by atoms with van der Waals surface area (Å²) >= 11 is 0. The number of unbranched alkanes of at least 4 members (excludes halogenated alkanes) is 1. The van der Waals surface area contributed by atoms with Crippen LogP contribution in [0, 0.1) is 0 Å². The van der Waals surface area contributed by atoms with E-state index in [1.165, 1.54) is 0 Å². The van der Waals surface area contributed by atoms with Gasteiger partial charge >= 0.3 is 29.6 Å². The SMILES string of the molecule is C.CCCCOc1ccc(/C(=C(\c2ccccc2)c2ccc(OCCCS(=O)(=O)[O-])cc2)c2ccccc2)cc1.[Na+]. The van der Waals surface area contributed by atoms with Crippen LogP contribution in [0.1, 0.15) is 55.9 Å². The summed E-state index contributed by atoms with van der Waals surface area (Å²) in [6.07, 6.45) is 2.26. The van der Waals surface area contributed by atoms with Gasteiger partial charge in [0.25, 0.3) is 0 Å². The molecule has 210 valence electrons. The first-order valence-corrected chi connectivity index (χ1v) is 14.8. The standard InChI is InChI=1S/C33H34O5S.CH4.Na/c1-2-3-23-37-30-19-15-28(16-20-30)32(26-11-6-4-7-12-26)33(27-13-8-5-9-14-27)29-17-21-31(22-18-29)38-24-10-25-39(34,35)36;;/h4-9,11-22H,2-3,10,23-25H2,1H3,(H,34,35,36);1H4;/q;;+1/p-1/b33-32+;;. The molecule has 0 aliphatic heterocycles. The number of benzene rings is 4. The smallest absolute Gasteiger partial charge is 0.748 e. The third-order valence-corrected chi connectivity index (χ3v) is 7.02. The van der Waals surface area contributed by atoms with E-state index in [1.807, 2.05) is 72.8 Å². The van der Waals surface area contributed by atoms with E-state index in [-0.39, 0.29) is 50.0 Å². The van der Waals surface area contributed by atoms with Crippen LogP contribution in [0.15, 0.2) is 109 Å². The van der Waals surface area contributed by atoms with Gasteiger partial charge in [-0.25, -0.2) is 8.42 Å². The Morgan fingerprint density at radius 2 is 0.976 bits per heavy atom. The largest absolute Gasteiger partial charge is 1.00 e. The predicted molar refractivity (Wildman–Crippen MR) is 163 cm³/mol. The van der Waals surface area contributed by atoms with E-state index in [0.29, 0.717) is 12.4 Å². The molecule has 0 amide bonds. The molecule has 0 saturated carbocycles. The van der Waals surface area contributed by atoms with Gasteiger partial charge in [-0.2, -0.15) is 0 Å². The van der Waals surface area contributed by atoms with E-state index in [1.54, 1.807) is 0 Å². The van der Waals surface area contributed by atoms with Gasteiger partial charge in [0.05, 0.1) is 23.3 Å². The van der Waals surface area contributed by atoms with Crippen LogP contribution in [0.5, 0.6) is 11.5 Å². The van der Waals surface area contributed by atoms with Gasteiger partial charge in [-0.05, 0) is 70.5 Å². The van der Waals surface area contributed by atoms with Gasteiger partial charge in [0.15, 0.2) is 0 Å². The molecule has 0 bridgehead atoms. The third kappa shape index (κ3) is 10.5. The van der Waals surface area contributed by atoms with Gasteiger partial charge in [0, 0.05) is 5.75 Å². The van der Waals surface area contributed by atoms with Crippen LogP contribution in [0.2, 0.25) is 0 Å². The summed E-state index contributed by atoms with van der Waals surface area (Å²) in [6.45, 7) is 3.01. The first kappa shape index (κ1) is 34.3. The van der Waals surface area contributed by atoms with Crippen LogP contribution >= 0.6 is 0 Å². The number of ether oxygens (including phenoxy) is 2. The van der Waals surface area contributed by atoms with Crippen molar-refractivity contribution in [2.45, 2.75) is 33.6 Å². The van der Waals surface area contributed by atoms with E-state index in [2.05, 4.69) is 43.3 Å². The second-order valence-electron chi connectivity index (χ2n) is 9.20. The minimum absolute atomic E-state index is 0. The van der Waals surface area contributed by atoms with Crippen LogP contribution < -0.4 is 39.0 Å². The minimum Gasteiger partial charge on any atom is -0.748 e. The Morgan fingerprint density at radius 3 is 1.34 bits per heavy atom. The van der Waals surface area contributed by atoms with Crippen LogP contribution in [-0.4, -0.2) is 31.9 Å². The van der Waals surface area contributed by atoms with Gasteiger partial charge in [-0.3, -0.25) is 0 Å². The molecule has 0 unspecified atom stereocenters. The van der Waals surface area contributed by atoms with Crippen molar-refractivity contribution < 1.29 is 52.0 Å². The molecule has 0 radical (unpaired) electrons. The van der Waals surface area contributed by atoms with Crippen molar-refractivity contribution in [2.24, 2.45) is 0 Å². The molecule has 41 heavy (non-hydrogen) atoms. The molecule has 0 N–H and O–H groups in total. The molecule has 0 saturated heterocycles. The topological polar surface area (TPSA) is 75.7 Å². The van der Waals surface area contributed by atoms with Crippen molar-refractivity contribution in [3.63, 3.8) is 0 Å². The summed E-state index contributed by atoms with van der Waals surface area (Å²) in [6, 6.07) is 36.6. The van der Waals surface area contributed by atoms with Crippen LogP contribution in [0.3, 0.4) is 0 Å². The van der Waals surface area contributed by atoms with E-state index in [9.17, 15) is 13.0 Å². The van der Waals surface area contributed by atoms with Gasteiger partial charge in [0.2, 0.25) is 0 Å². The molecule has 0 heterocycles. The van der Waals surface area contributed by atoms with Gasteiger partial charge in [-0.15, -0.1) is 0 Å². The quantitative estimate of drug-likeness (QED) is 0.0981. The first-order valence-electron chi connectivity index (χ1n) is 13.2. The fourth-order valence-electron chi connectivity index (χ4n) is 4.32. The maximum atomic E-state index is 10.8. The fraction of sp³-hybridized carbons (Fsp3) is 0.235. The average molecular weight is 581 g/mol. The second-order valence-corrected chi connectivity index (χ2v) is 10.7. The van der Waals surface area contributed by atoms with Gasteiger partial charge < -0.3 is 14.0 Å². The Labute approximate surface area is 267 Å². The van der Waals surface area contributed by atoms with Crippen LogP contribution in [0.25, 0.3) is 11.1 Å². The molecule has 4 aromatic rings. The molecule has 0 atom stereocenters. The van der Waals surface area contributed by atoms with Gasteiger partial charge in [0.1, 0.15) is 11.5 Å². The van der Waals surface area contributed by atoms with Crippen molar-refractivity contribution in [2.75, 3.05) is 19.0 Å². The van der Waals surface area contributed by atoms with Crippen LogP contribution in [-0.2, 0) is 10.1 Å². The molecule has 4 aromatic carbocycles. The number of hydrogen-bond donors (Lipinski definition) is 0. The Morgan fingerprint density at radius 1 is 0.610 bits per heavy atom. The molecule has 0 aliphatic rings. The molecule has 7 heteroatoms. The van der Waals surface area contributed by atoms with Crippen molar-refractivity contribution in [3.05, 3.63) is 131 Å². The van der Waals surface area contributed by atoms with E-state index < -0.39 is 15.9 Å². The maximum absolute atomic E-state index is 10.8. The molecule has 0 aromatic heterocycles. The summed E-state index contributed by atoms with van der Waals surface area (Å²) in [7, 11) is -4.24. The van der Waals surface area contributed by atoms with Crippen molar-refractivity contribution in [3.8, 4) is 11.5 Å². The zero-order valence-corrected chi connectivity index (χ0v) is 25.9.